The standard InChI is InChI=1S/C18H17N3O4/c1-4-20(3)15-9-13-14(21(24)18(23)17(22)19-13)10-16(15)25-12-7-5-11(2)6-8-12/h4-10,24H,1H2,2-3H3,(H,19,22). The van der Waals surface area contributed by atoms with Gasteiger partial charge in [-0.15, -0.1) is 4.73 Å². The van der Waals surface area contributed by atoms with Gasteiger partial charge in [-0.05, 0) is 31.3 Å². The Morgan fingerprint density at radius 3 is 2.56 bits per heavy atom. The quantitative estimate of drug-likeness (QED) is 0.563. The zero-order valence-corrected chi connectivity index (χ0v) is 13.8. The van der Waals surface area contributed by atoms with E-state index in [0.29, 0.717) is 27.4 Å². The van der Waals surface area contributed by atoms with Crippen LogP contribution in [0.4, 0.5) is 5.69 Å². The number of anilines is 1. The van der Waals surface area contributed by atoms with E-state index in [1.165, 1.54) is 6.07 Å². The van der Waals surface area contributed by atoms with Gasteiger partial charge in [0.25, 0.3) is 0 Å². The summed E-state index contributed by atoms with van der Waals surface area (Å²) >= 11 is 0. The van der Waals surface area contributed by atoms with Crippen LogP contribution in [0, 0.1) is 6.92 Å². The first-order valence-electron chi connectivity index (χ1n) is 7.53. The van der Waals surface area contributed by atoms with Crippen LogP contribution in [0.2, 0.25) is 0 Å². The highest BCUT2D eigenvalue weighted by atomic mass is 16.5. The number of nitrogens with one attached hydrogen (secondary N) is 1. The fraction of sp³-hybridized carbons (Fsp3) is 0.111. The van der Waals surface area contributed by atoms with E-state index >= 15 is 0 Å². The molecule has 25 heavy (non-hydrogen) atoms. The van der Waals surface area contributed by atoms with Gasteiger partial charge in [0.1, 0.15) is 11.3 Å². The van der Waals surface area contributed by atoms with E-state index < -0.39 is 11.1 Å². The lowest BCUT2D eigenvalue weighted by Gasteiger charge is -2.19. The van der Waals surface area contributed by atoms with Crippen molar-refractivity contribution in [3.05, 3.63) is 75.4 Å². The first kappa shape index (κ1) is 16.4. The molecule has 0 radical (unpaired) electrons. The minimum Gasteiger partial charge on any atom is -0.455 e. The van der Waals surface area contributed by atoms with Crippen molar-refractivity contribution < 1.29 is 9.94 Å². The SMILES string of the molecule is C=CN(C)c1cc2[nH]c(=O)c(=O)n(O)c2cc1Oc1ccc(C)cc1. The lowest BCUT2D eigenvalue weighted by molar-refractivity contribution is 0.186. The van der Waals surface area contributed by atoms with Gasteiger partial charge in [-0.3, -0.25) is 9.59 Å². The summed E-state index contributed by atoms with van der Waals surface area (Å²) < 4.78 is 6.23. The fourth-order valence-corrected chi connectivity index (χ4v) is 2.40. The summed E-state index contributed by atoms with van der Waals surface area (Å²) in [5.74, 6) is 0.993. The number of aromatic nitrogens is 2. The zero-order valence-electron chi connectivity index (χ0n) is 13.8. The number of fused-ring (bicyclic) bond motifs is 1. The number of aryl methyl sites for hydroxylation is 1. The third kappa shape index (κ3) is 2.99. The monoisotopic (exact) mass is 339 g/mol. The Morgan fingerprint density at radius 1 is 1.24 bits per heavy atom. The Bertz CT molecular complexity index is 1060. The van der Waals surface area contributed by atoms with Crippen LogP contribution in [0.5, 0.6) is 11.5 Å². The molecule has 0 fully saturated rings. The lowest BCUT2D eigenvalue weighted by atomic mass is 10.2. The molecular weight excluding hydrogens is 322 g/mol. The average molecular weight is 339 g/mol. The molecule has 0 aliphatic carbocycles. The van der Waals surface area contributed by atoms with E-state index in [0.717, 1.165) is 5.56 Å². The third-order valence-electron chi connectivity index (χ3n) is 3.84. The van der Waals surface area contributed by atoms with E-state index in [4.69, 9.17) is 4.74 Å². The second-order valence-corrected chi connectivity index (χ2v) is 5.62. The highest BCUT2D eigenvalue weighted by Crippen LogP contribution is 2.35. The van der Waals surface area contributed by atoms with Crippen LogP contribution in [0.1, 0.15) is 5.56 Å². The molecule has 0 amide bonds. The van der Waals surface area contributed by atoms with Crippen LogP contribution >= 0.6 is 0 Å². The van der Waals surface area contributed by atoms with Crippen molar-refractivity contribution in [3.63, 3.8) is 0 Å². The normalized spacial score (nSPS) is 10.6. The molecule has 0 bridgehead atoms. The van der Waals surface area contributed by atoms with Gasteiger partial charge in [0.2, 0.25) is 0 Å². The van der Waals surface area contributed by atoms with Gasteiger partial charge < -0.3 is 19.8 Å². The van der Waals surface area contributed by atoms with Crippen molar-refractivity contribution in [1.82, 2.24) is 9.71 Å². The Morgan fingerprint density at radius 2 is 1.92 bits per heavy atom. The van der Waals surface area contributed by atoms with Crippen LogP contribution in [-0.2, 0) is 0 Å². The zero-order chi connectivity index (χ0) is 18.1. The molecule has 1 heterocycles. The predicted molar refractivity (Wildman–Crippen MR) is 95.9 cm³/mol. The molecule has 2 aromatic carbocycles. The maximum atomic E-state index is 11.7. The van der Waals surface area contributed by atoms with Gasteiger partial charge in [-0.25, -0.2) is 0 Å². The molecule has 1 aromatic heterocycles. The summed E-state index contributed by atoms with van der Waals surface area (Å²) in [4.78, 5) is 27.4. The molecule has 0 aliphatic heterocycles. The number of benzene rings is 2. The van der Waals surface area contributed by atoms with Gasteiger partial charge in [-0.2, -0.15) is 0 Å². The van der Waals surface area contributed by atoms with E-state index in [1.807, 2.05) is 31.2 Å². The highest BCUT2D eigenvalue weighted by Gasteiger charge is 2.15. The van der Waals surface area contributed by atoms with E-state index in [-0.39, 0.29) is 5.52 Å². The molecule has 7 nitrogen and oxygen atoms in total. The molecule has 3 aromatic rings. The number of ether oxygens (including phenoxy) is 1. The second-order valence-electron chi connectivity index (χ2n) is 5.62. The smallest absolute Gasteiger partial charge is 0.348 e. The average Bonchev–Trinajstić information content (AvgIpc) is 2.61. The summed E-state index contributed by atoms with van der Waals surface area (Å²) in [6, 6.07) is 10.5. The summed E-state index contributed by atoms with van der Waals surface area (Å²) in [7, 11) is 1.77. The number of hydrogen-bond acceptors (Lipinski definition) is 5. The second kappa shape index (κ2) is 6.20. The minimum absolute atomic E-state index is 0.132. The highest BCUT2D eigenvalue weighted by molar-refractivity contribution is 5.83. The molecule has 3 rings (SSSR count). The summed E-state index contributed by atoms with van der Waals surface area (Å²) in [6.07, 6.45) is 1.58. The molecule has 0 spiro atoms. The van der Waals surface area contributed by atoms with Crippen LogP contribution in [0.25, 0.3) is 11.0 Å². The number of hydrogen-bond donors (Lipinski definition) is 2. The van der Waals surface area contributed by atoms with E-state index in [9.17, 15) is 14.8 Å². The molecule has 0 unspecified atom stereocenters. The van der Waals surface area contributed by atoms with Crippen LogP contribution < -0.4 is 20.8 Å². The maximum absolute atomic E-state index is 11.7. The topological polar surface area (TPSA) is 87.6 Å². The number of nitrogens with zero attached hydrogens (tertiary/aromatic N) is 2. The number of rotatable bonds is 4. The van der Waals surface area contributed by atoms with Crippen LogP contribution in [-0.4, -0.2) is 22.0 Å². The van der Waals surface area contributed by atoms with Crippen molar-refractivity contribution in [1.29, 1.82) is 0 Å². The first-order chi connectivity index (χ1) is 11.9. The summed E-state index contributed by atoms with van der Waals surface area (Å²) in [6.45, 7) is 5.69. The summed E-state index contributed by atoms with van der Waals surface area (Å²) in [5.41, 5.74) is 0.168. The van der Waals surface area contributed by atoms with Gasteiger partial charge in [-0.1, -0.05) is 24.3 Å². The molecule has 0 saturated carbocycles. The van der Waals surface area contributed by atoms with Crippen molar-refractivity contribution in [2.24, 2.45) is 0 Å². The van der Waals surface area contributed by atoms with Gasteiger partial charge >= 0.3 is 11.1 Å². The Hall–Kier alpha value is -3.48. The fourth-order valence-electron chi connectivity index (χ4n) is 2.40. The minimum atomic E-state index is -1.06. The number of aromatic amines is 1. The molecule has 0 atom stereocenters. The van der Waals surface area contributed by atoms with Crippen LogP contribution in [0.15, 0.2) is 58.8 Å². The molecule has 128 valence electrons. The molecule has 0 aliphatic rings. The van der Waals surface area contributed by atoms with Crippen molar-refractivity contribution in [2.45, 2.75) is 6.92 Å². The van der Waals surface area contributed by atoms with Gasteiger partial charge in [0.05, 0.1) is 11.2 Å². The van der Waals surface area contributed by atoms with E-state index in [2.05, 4.69) is 11.6 Å². The Balaban J connectivity index is 2.23. The van der Waals surface area contributed by atoms with Gasteiger partial charge in [0.15, 0.2) is 5.75 Å². The van der Waals surface area contributed by atoms with Crippen molar-refractivity contribution in [2.75, 3.05) is 11.9 Å². The van der Waals surface area contributed by atoms with E-state index in [1.54, 1.807) is 24.2 Å². The molecule has 2 N–H and O–H groups in total. The largest absolute Gasteiger partial charge is 0.455 e. The maximum Gasteiger partial charge on any atom is 0.348 e. The lowest BCUT2D eigenvalue weighted by Crippen LogP contribution is -2.35. The Kier molecular flexibility index (Phi) is 4.06. The number of H-pyrrole nitrogens is 1. The molecule has 0 saturated heterocycles. The third-order valence-corrected chi connectivity index (χ3v) is 3.84. The summed E-state index contributed by atoms with van der Waals surface area (Å²) in [5, 5.41) is 9.95. The molecular formula is C18H17N3O4. The van der Waals surface area contributed by atoms with Crippen molar-refractivity contribution in [3.8, 4) is 11.5 Å². The Labute approximate surface area is 143 Å². The van der Waals surface area contributed by atoms with Gasteiger partial charge in [0, 0.05) is 13.1 Å². The van der Waals surface area contributed by atoms with Crippen LogP contribution in [0.3, 0.4) is 0 Å². The molecule has 7 heteroatoms. The van der Waals surface area contributed by atoms with Crippen molar-refractivity contribution >= 4 is 16.7 Å². The first-order valence-corrected chi connectivity index (χ1v) is 7.53. The predicted octanol–water partition coefficient (Wildman–Crippen LogP) is 2.61.